The number of aliphatic hydroxyl groups is 1. The van der Waals surface area contributed by atoms with Crippen LogP contribution in [-0.4, -0.2) is 43.8 Å². The van der Waals surface area contributed by atoms with Gasteiger partial charge in [-0.2, -0.15) is 0 Å². The van der Waals surface area contributed by atoms with Gasteiger partial charge in [-0.15, -0.1) is 0 Å². The van der Waals surface area contributed by atoms with Crippen molar-refractivity contribution in [1.29, 1.82) is 0 Å². The fourth-order valence-electron chi connectivity index (χ4n) is 1.67. The molecule has 0 aliphatic rings. The van der Waals surface area contributed by atoms with Crippen LogP contribution in [0.25, 0.3) is 0 Å². The molecule has 1 aromatic carbocycles. The minimum Gasteiger partial charge on any atom is -0.394 e. The Hall–Kier alpha value is -1.23. The molecule has 0 unspecified atom stereocenters. The average Bonchev–Trinajstić information content (AvgIpc) is 2.42. The number of hydrogen-bond donors (Lipinski definition) is 2. The summed E-state index contributed by atoms with van der Waals surface area (Å²) in [5.41, 5.74) is 1.97. The van der Waals surface area contributed by atoms with Crippen molar-refractivity contribution in [2.24, 2.45) is 0 Å². The van der Waals surface area contributed by atoms with Crippen molar-refractivity contribution < 1.29 is 14.6 Å². The van der Waals surface area contributed by atoms with Crippen LogP contribution in [0.1, 0.15) is 35.7 Å². The molecule has 0 saturated carbocycles. The van der Waals surface area contributed by atoms with Gasteiger partial charge in [0.1, 0.15) is 0 Å². The van der Waals surface area contributed by atoms with Crippen LogP contribution in [0.4, 0.5) is 0 Å². The third-order valence-electron chi connectivity index (χ3n) is 2.84. The summed E-state index contributed by atoms with van der Waals surface area (Å²) < 4.78 is 5.09. The van der Waals surface area contributed by atoms with E-state index in [-0.39, 0.29) is 12.4 Å². The van der Waals surface area contributed by atoms with E-state index in [0.29, 0.717) is 32.2 Å². The molecule has 0 spiro atoms. The molecule has 0 saturated heterocycles. The molecule has 0 bridgehead atoms. The summed E-state index contributed by atoms with van der Waals surface area (Å²) in [7, 11) is 0. The van der Waals surface area contributed by atoms with Gasteiger partial charge in [-0.05, 0) is 11.5 Å². The van der Waals surface area contributed by atoms with E-state index < -0.39 is 0 Å². The number of ether oxygens (including phenoxy) is 1. The maximum Gasteiger partial charge on any atom is 0.176 e. The van der Waals surface area contributed by atoms with Gasteiger partial charge in [0.2, 0.25) is 0 Å². The largest absolute Gasteiger partial charge is 0.394 e. The number of aliphatic hydroxyl groups excluding tert-OH is 1. The molecule has 0 aliphatic carbocycles. The van der Waals surface area contributed by atoms with Crippen molar-refractivity contribution in [3.8, 4) is 0 Å². The molecule has 0 heterocycles. The molecule has 19 heavy (non-hydrogen) atoms. The average molecular weight is 265 g/mol. The van der Waals surface area contributed by atoms with Crippen molar-refractivity contribution >= 4 is 5.78 Å². The maximum atomic E-state index is 11.9. The highest BCUT2D eigenvalue weighted by Gasteiger charge is 2.06. The Morgan fingerprint density at radius 1 is 1.26 bits per heavy atom. The van der Waals surface area contributed by atoms with E-state index in [9.17, 15) is 4.79 Å². The van der Waals surface area contributed by atoms with E-state index in [0.717, 1.165) is 5.56 Å². The smallest absolute Gasteiger partial charge is 0.176 e. The highest BCUT2D eigenvalue weighted by Crippen LogP contribution is 2.14. The number of carbonyl (C=O) groups is 1. The molecule has 1 rings (SSSR count). The van der Waals surface area contributed by atoms with Gasteiger partial charge < -0.3 is 15.2 Å². The van der Waals surface area contributed by atoms with Gasteiger partial charge in [-0.25, -0.2) is 0 Å². The highest BCUT2D eigenvalue weighted by atomic mass is 16.5. The Kier molecular flexibility index (Phi) is 7.33. The quantitative estimate of drug-likeness (QED) is 0.526. The first-order chi connectivity index (χ1) is 9.15. The van der Waals surface area contributed by atoms with E-state index >= 15 is 0 Å². The minimum atomic E-state index is 0.0289. The summed E-state index contributed by atoms with van der Waals surface area (Å²) in [4.78, 5) is 11.9. The number of carbonyl (C=O) groups excluding carboxylic acids is 1. The van der Waals surface area contributed by atoms with Crippen LogP contribution in [0.2, 0.25) is 0 Å². The highest BCUT2D eigenvalue weighted by molar-refractivity contribution is 5.97. The lowest BCUT2D eigenvalue weighted by Gasteiger charge is -2.07. The van der Waals surface area contributed by atoms with Crippen molar-refractivity contribution in [2.75, 3.05) is 32.9 Å². The first kappa shape index (κ1) is 15.8. The molecule has 1 aromatic rings. The molecule has 0 atom stereocenters. The summed E-state index contributed by atoms with van der Waals surface area (Å²) >= 11 is 0. The van der Waals surface area contributed by atoms with Crippen molar-refractivity contribution in [3.63, 3.8) is 0 Å². The summed E-state index contributed by atoms with van der Waals surface area (Å²) in [5, 5.41) is 11.5. The predicted molar refractivity (Wildman–Crippen MR) is 75.6 cm³/mol. The standard InChI is InChI=1S/C15H23NO3/c1-12(2)13-3-5-14(6-4-13)15(18)11-16-7-9-19-10-8-17/h3-6,12,16-17H,7-11H2,1-2H3. The van der Waals surface area contributed by atoms with E-state index in [2.05, 4.69) is 19.2 Å². The molecule has 0 aromatic heterocycles. The summed E-state index contributed by atoms with van der Waals surface area (Å²) in [5.74, 6) is 0.559. The first-order valence-corrected chi connectivity index (χ1v) is 6.67. The molecule has 0 fully saturated rings. The first-order valence-electron chi connectivity index (χ1n) is 6.67. The lowest BCUT2D eigenvalue weighted by atomic mass is 10.0. The zero-order valence-electron chi connectivity index (χ0n) is 11.7. The summed E-state index contributed by atoms with van der Waals surface area (Å²) in [6, 6.07) is 7.76. The van der Waals surface area contributed by atoms with Gasteiger partial charge in [0.05, 0.1) is 26.4 Å². The Bertz CT molecular complexity index is 373. The minimum absolute atomic E-state index is 0.0289. The molecule has 0 aliphatic heterocycles. The molecule has 4 heteroatoms. The number of hydrogen-bond acceptors (Lipinski definition) is 4. The molecule has 0 radical (unpaired) electrons. The van der Waals surface area contributed by atoms with Crippen LogP contribution in [-0.2, 0) is 4.74 Å². The van der Waals surface area contributed by atoms with Crippen LogP contribution in [0.5, 0.6) is 0 Å². The second kappa shape index (κ2) is 8.80. The second-order valence-electron chi connectivity index (χ2n) is 4.71. The number of benzene rings is 1. The fraction of sp³-hybridized carbons (Fsp3) is 0.533. The molecular weight excluding hydrogens is 242 g/mol. The number of rotatable bonds is 9. The Morgan fingerprint density at radius 3 is 2.53 bits per heavy atom. The van der Waals surface area contributed by atoms with Crippen LogP contribution >= 0.6 is 0 Å². The zero-order valence-corrected chi connectivity index (χ0v) is 11.7. The van der Waals surface area contributed by atoms with Gasteiger partial charge in [0, 0.05) is 12.1 Å². The Balaban J connectivity index is 2.29. The lowest BCUT2D eigenvalue weighted by molar-refractivity contribution is 0.0906. The molecule has 0 amide bonds. The number of Topliss-reactive ketones (excluding diaryl/α,β-unsaturated/α-hetero) is 1. The normalized spacial score (nSPS) is 10.9. The zero-order chi connectivity index (χ0) is 14.1. The van der Waals surface area contributed by atoms with Crippen molar-refractivity contribution in [2.45, 2.75) is 19.8 Å². The van der Waals surface area contributed by atoms with E-state index in [1.54, 1.807) is 0 Å². The molecular formula is C15H23NO3. The van der Waals surface area contributed by atoms with Gasteiger partial charge >= 0.3 is 0 Å². The fourth-order valence-corrected chi connectivity index (χ4v) is 1.67. The Labute approximate surface area is 114 Å². The SMILES string of the molecule is CC(C)c1ccc(C(=O)CNCCOCCO)cc1. The monoisotopic (exact) mass is 265 g/mol. The van der Waals surface area contributed by atoms with Crippen molar-refractivity contribution in [3.05, 3.63) is 35.4 Å². The number of nitrogens with one attached hydrogen (secondary N) is 1. The molecule has 4 nitrogen and oxygen atoms in total. The second-order valence-corrected chi connectivity index (χ2v) is 4.71. The summed E-state index contributed by atoms with van der Waals surface area (Å²) in [6.07, 6.45) is 0. The predicted octanol–water partition coefficient (Wildman–Crippen LogP) is 1.59. The van der Waals surface area contributed by atoms with Gasteiger partial charge in [-0.3, -0.25) is 4.79 Å². The third kappa shape index (κ3) is 5.96. The molecule has 106 valence electrons. The van der Waals surface area contributed by atoms with Gasteiger partial charge in [0.15, 0.2) is 5.78 Å². The maximum absolute atomic E-state index is 11.9. The molecule has 2 N–H and O–H groups in total. The lowest BCUT2D eigenvalue weighted by Crippen LogP contribution is -2.26. The van der Waals surface area contributed by atoms with Gasteiger partial charge in [-0.1, -0.05) is 38.1 Å². The van der Waals surface area contributed by atoms with Gasteiger partial charge in [0.25, 0.3) is 0 Å². The number of ketones is 1. The van der Waals surface area contributed by atoms with Crippen LogP contribution in [0, 0.1) is 0 Å². The Morgan fingerprint density at radius 2 is 1.95 bits per heavy atom. The van der Waals surface area contributed by atoms with Crippen LogP contribution in [0.15, 0.2) is 24.3 Å². The third-order valence-corrected chi connectivity index (χ3v) is 2.84. The van der Waals surface area contributed by atoms with Crippen LogP contribution < -0.4 is 5.32 Å². The van der Waals surface area contributed by atoms with E-state index in [4.69, 9.17) is 9.84 Å². The van der Waals surface area contributed by atoms with Crippen LogP contribution in [0.3, 0.4) is 0 Å². The van der Waals surface area contributed by atoms with Crippen molar-refractivity contribution in [1.82, 2.24) is 5.32 Å². The topological polar surface area (TPSA) is 58.6 Å². The summed E-state index contributed by atoms with van der Waals surface area (Å²) in [6.45, 7) is 6.04. The van der Waals surface area contributed by atoms with E-state index in [1.165, 1.54) is 5.56 Å². The van der Waals surface area contributed by atoms with E-state index in [1.807, 2.05) is 24.3 Å².